The second-order valence-corrected chi connectivity index (χ2v) is 33.7. The van der Waals surface area contributed by atoms with Crippen molar-refractivity contribution in [3.05, 3.63) is 300 Å². The summed E-state index contributed by atoms with van der Waals surface area (Å²) >= 11 is 0. The van der Waals surface area contributed by atoms with Crippen molar-refractivity contribution in [3.8, 4) is 51.0 Å². The van der Waals surface area contributed by atoms with E-state index in [9.17, 15) is 38.4 Å². The number of benzene rings is 11. The summed E-state index contributed by atoms with van der Waals surface area (Å²) in [7, 11) is 2.07. The van der Waals surface area contributed by atoms with Crippen LogP contribution in [-0.4, -0.2) is 88.3 Å². The largest absolute Gasteiger partial charge is 0.489 e. The molecule has 2 aromatic heterocycles. The molecule has 6 aliphatic heterocycles. The molecule has 0 saturated heterocycles. The molecular weight excluding hydrogens is 1650 g/mol. The van der Waals surface area contributed by atoms with Crippen LogP contribution in [0, 0.1) is 13.8 Å². The smallest absolute Gasteiger partial charge is 0.340 e. The predicted molar refractivity (Wildman–Crippen MR) is 520 cm³/mol. The summed E-state index contributed by atoms with van der Waals surface area (Å²) in [5.74, 6) is 3.61. The summed E-state index contributed by atoms with van der Waals surface area (Å²) in [5.41, 5.74) is 20.3. The number of hydrogen-bond acceptors (Lipinski definition) is 17. The zero-order chi connectivity index (χ0) is 92.4. The molecule has 11 aromatic carbocycles. The van der Waals surface area contributed by atoms with Crippen LogP contribution >= 0.6 is 0 Å². The Hall–Kier alpha value is -15.4. The third-order valence-corrected chi connectivity index (χ3v) is 22.4. The first-order chi connectivity index (χ1) is 63.2. The molecule has 25 nitrogen and oxygen atoms in total. The molecule has 7 amide bonds. The van der Waals surface area contributed by atoms with Crippen LogP contribution in [0.1, 0.15) is 149 Å². The molecule has 19 rings (SSSR count). The third-order valence-electron chi connectivity index (χ3n) is 22.4. The number of hydrogen-bond donors (Lipinski definition) is 11. The Bertz CT molecular complexity index is 6290. The summed E-state index contributed by atoms with van der Waals surface area (Å²) in [4.78, 5) is 95.7. The van der Waals surface area contributed by atoms with Gasteiger partial charge in [0.1, 0.15) is 42.7 Å². The second kappa shape index (κ2) is 42.5. The van der Waals surface area contributed by atoms with Crippen molar-refractivity contribution in [2.75, 3.05) is 58.5 Å². The molecule has 0 radical (unpaired) electrons. The van der Waals surface area contributed by atoms with Crippen molar-refractivity contribution in [2.24, 2.45) is 7.05 Å². The first-order valence-electron chi connectivity index (χ1n) is 44.1. The normalized spacial score (nSPS) is 17.2. The van der Waals surface area contributed by atoms with Gasteiger partial charge in [-0.15, -0.1) is 0 Å². The van der Waals surface area contributed by atoms with Crippen LogP contribution in [0.3, 0.4) is 0 Å². The number of aromatic nitrogens is 1. The van der Waals surface area contributed by atoms with E-state index in [2.05, 4.69) is 152 Å². The predicted octanol–water partition coefficient (Wildman–Crippen LogP) is 21.9. The lowest BCUT2D eigenvalue weighted by molar-refractivity contribution is -0.118. The highest BCUT2D eigenvalue weighted by atomic mass is 16.5. The number of nitrogens with one attached hydrogen (secondary N) is 11. The van der Waals surface area contributed by atoms with Crippen molar-refractivity contribution in [1.82, 2.24) is 4.57 Å². The SMILES string of the molecule is CC(C)c1cccc(-c2cccc3c2N[C@H](C)CC(=O)N3)c1.C[C@@H]1CC(=O)Nc2ccc(OCc3ccccc3)cc2N1.C[C@@H]1CC(=O)Nc2cccc(C(=O)Nc3ccccc3)c2N1.C[C@@H]1CC(=O)Nc2cccc(C(=O)OCc3ccccc3)c2N1.Cc1c(-c2cccc3c2O[C@H](C)CC(=O)N3)n(C)c2ccccc12.Cc1ccc(-c2cccc3c2O[C@H](C)CC(=O)N3)o1. The molecule has 672 valence electrons. The minimum atomic E-state index is -0.415. The number of esters is 1. The Morgan fingerprint density at radius 3 is 1.44 bits per heavy atom. The monoisotopic (exact) mass is 1760 g/mol. The third kappa shape index (κ3) is 23.7. The van der Waals surface area contributed by atoms with Gasteiger partial charge in [-0.3, -0.25) is 33.6 Å². The van der Waals surface area contributed by atoms with Gasteiger partial charge in [-0.05, 0) is 186 Å². The zero-order valence-electron chi connectivity index (χ0n) is 75.3. The Morgan fingerprint density at radius 1 is 0.420 bits per heavy atom. The number of para-hydroxylation sites is 7. The molecule has 0 bridgehead atoms. The fourth-order valence-corrected chi connectivity index (χ4v) is 16.2. The van der Waals surface area contributed by atoms with Crippen LogP contribution < -0.4 is 72.7 Å². The van der Waals surface area contributed by atoms with Gasteiger partial charge in [-0.25, -0.2) is 4.79 Å². The molecule has 11 N–H and O–H groups in total. The standard InChI is InChI=1S/C20H20N2O2.C19H22N2O.C18H18N2O3.C17H17N3O2.C17H18N2O2.C15H15NO3/c1-12-11-18(23)21-16-9-6-8-15(20(16)24-12)19-13(2)14-7-4-5-10-17(14)22(19)3;1-12(2)14-6-4-7-15(11-14)16-8-5-9-17-19(16)20-13(3)10-18(22)21-17;1-12-10-16(21)20-15-9-5-8-14(17(15)19-12)18(22)23-11-13-6-3-2-4-7-13;1-11-10-15(21)20-14-9-5-8-13(16(14)18-11)17(22)19-12-6-3-2-4-7-12;1-12-9-17(20)19-15-8-7-14(10-16(15)18-12)21-11-13-5-3-2-4-6-13;1-9-6-7-13(18-9)11-4-3-5-12-15(11)19-10(2)8-14(17)16-12/h4-10,12H,11H2,1-3H3,(H,21,23);4-9,11-13,20H,10H2,1-3H3,(H,21,22);2-9,12,19H,10-11H2,1H3,(H,20,21);2-9,11,18H,10H2,1H3,(H,19,22)(H,20,21);2-8,10,12,18H,9,11H2,1H3,(H,19,20);3-7,10H,8H2,1-2H3,(H,16,17)/t12-;13-;12-;11-;12-;10-/m111111/s1. The molecule has 6 aliphatic rings. The Kier molecular flexibility index (Phi) is 29.8. The maximum absolute atomic E-state index is 12.5. The van der Waals surface area contributed by atoms with Crippen molar-refractivity contribution >= 4 is 121 Å². The Morgan fingerprint density at radius 2 is 0.878 bits per heavy atom. The van der Waals surface area contributed by atoms with Gasteiger partial charge in [0.2, 0.25) is 35.4 Å². The van der Waals surface area contributed by atoms with Crippen LogP contribution in [-0.2, 0) is 53.8 Å². The van der Waals surface area contributed by atoms with Crippen LogP contribution in [0.2, 0.25) is 0 Å². The number of carbonyl (C=O) groups is 8. The van der Waals surface area contributed by atoms with Gasteiger partial charge in [-0.1, -0.05) is 172 Å². The first kappa shape index (κ1) is 91.8. The number of furan rings is 1. The lowest BCUT2D eigenvalue weighted by Gasteiger charge is -2.17. The maximum Gasteiger partial charge on any atom is 0.340 e. The van der Waals surface area contributed by atoms with Crippen LogP contribution in [0.15, 0.2) is 265 Å². The molecule has 13 aromatic rings. The highest BCUT2D eigenvalue weighted by molar-refractivity contribution is 6.12. The molecule has 8 heterocycles. The number of aryl methyl sites for hydroxylation is 3. The van der Waals surface area contributed by atoms with Crippen LogP contribution in [0.4, 0.5) is 62.6 Å². The summed E-state index contributed by atoms with van der Waals surface area (Å²) in [5, 5.41) is 34.7. The van der Waals surface area contributed by atoms with E-state index in [0.717, 1.165) is 90.7 Å². The summed E-state index contributed by atoms with van der Waals surface area (Å²) in [6.07, 6.45) is 2.09. The lowest BCUT2D eigenvalue weighted by Crippen LogP contribution is -2.20. The second-order valence-electron chi connectivity index (χ2n) is 33.7. The molecule has 0 spiro atoms. The summed E-state index contributed by atoms with van der Waals surface area (Å²) in [6, 6.07) is 83.6. The van der Waals surface area contributed by atoms with Crippen LogP contribution in [0.25, 0.3) is 44.6 Å². The molecule has 0 unspecified atom stereocenters. The molecule has 131 heavy (non-hydrogen) atoms. The minimum absolute atomic E-state index is 0.00726. The average molecular weight is 1760 g/mol. The number of rotatable bonds is 12. The van der Waals surface area contributed by atoms with E-state index in [1.807, 2.05) is 212 Å². The maximum atomic E-state index is 12.5. The van der Waals surface area contributed by atoms with Gasteiger partial charge in [0, 0.05) is 90.7 Å². The molecule has 25 heteroatoms. The van der Waals surface area contributed by atoms with Gasteiger partial charge in [-0.2, -0.15) is 0 Å². The number of anilines is 11. The Balaban J connectivity index is 0.000000127. The highest BCUT2D eigenvalue weighted by Gasteiger charge is 2.30. The number of nitrogens with zero attached hydrogens (tertiary/aromatic N) is 1. The number of carbonyl (C=O) groups excluding carboxylic acids is 8. The van der Waals surface area contributed by atoms with Crippen molar-refractivity contribution in [1.29, 1.82) is 0 Å². The highest BCUT2D eigenvalue weighted by Crippen LogP contribution is 2.45. The van der Waals surface area contributed by atoms with E-state index in [-0.39, 0.29) is 84.3 Å². The van der Waals surface area contributed by atoms with Gasteiger partial charge in [0.05, 0.1) is 92.1 Å². The van der Waals surface area contributed by atoms with Gasteiger partial charge >= 0.3 is 5.97 Å². The van der Waals surface area contributed by atoms with E-state index in [1.165, 1.54) is 27.6 Å². The summed E-state index contributed by atoms with van der Waals surface area (Å²) < 4.78 is 31.0. The number of amides is 7. The van der Waals surface area contributed by atoms with Gasteiger partial charge in [0.15, 0.2) is 11.5 Å². The minimum Gasteiger partial charge on any atom is -0.489 e. The molecule has 6 atom stereocenters. The van der Waals surface area contributed by atoms with E-state index in [1.54, 1.807) is 36.4 Å². The van der Waals surface area contributed by atoms with Gasteiger partial charge in [0.25, 0.3) is 5.91 Å². The fraction of sp³-hybridized carbons (Fsp3) is 0.245. The first-order valence-corrected chi connectivity index (χ1v) is 44.1. The lowest BCUT2D eigenvalue weighted by atomic mass is 9.96. The van der Waals surface area contributed by atoms with Crippen LogP contribution in [0.5, 0.6) is 17.2 Å². The number of ether oxygens (including phenoxy) is 4. The fourth-order valence-electron chi connectivity index (χ4n) is 16.2. The number of fused-ring (bicyclic) bond motifs is 7. The quantitative estimate of drug-likeness (QED) is 0.0506. The summed E-state index contributed by atoms with van der Waals surface area (Å²) in [6.45, 7) is 20.8. The van der Waals surface area contributed by atoms with Crippen molar-refractivity contribution in [3.63, 3.8) is 0 Å². The zero-order valence-corrected chi connectivity index (χ0v) is 75.3. The van der Waals surface area contributed by atoms with Crippen molar-refractivity contribution in [2.45, 2.75) is 163 Å². The van der Waals surface area contributed by atoms with Crippen molar-refractivity contribution < 1.29 is 61.7 Å². The topological polar surface area (TPSA) is 324 Å². The average Bonchev–Trinajstić information content (AvgIpc) is 1.60. The van der Waals surface area contributed by atoms with E-state index >= 15 is 0 Å². The molecule has 0 saturated carbocycles. The molecule has 0 fully saturated rings. The molecular formula is C106H110N12O13. The van der Waals surface area contributed by atoms with E-state index in [0.29, 0.717) is 96.4 Å². The van der Waals surface area contributed by atoms with Gasteiger partial charge < -0.3 is 86.4 Å². The van der Waals surface area contributed by atoms with E-state index in [4.69, 9.17) is 23.4 Å². The Labute approximate surface area is 762 Å². The van der Waals surface area contributed by atoms with E-state index < -0.39 is 5.97 Å². The molecule has 0 aliphatic carbocycles.